The molecule has 1 rings (SSSR count). The number of aromatic nitrogens is 2. The van der Waals surface area contributed by atoms with Crippen molar-refractivity contribution in [2.24, 2.45) is 23.7 Å². The van der Waals surface area contributed by atoms with Crippen LogP contribution in [0.2, 0.25) is 0 Å². The molecular weight excluding hydrogens is 174 g/mol. The number of amidine groups is 1. The molecule has 6 heteroatoms. The summed E-state index contributed by atoms with van der Waals surface area (Å²) in [5.41, 5.74) is 6.49. The van der Waals surface area contributed by atoms with Crippen molar-refractivity contribution in [2.45, 2.75) is 5.75 Å². The quantitative estimate of drug-likeness (QED) is 0.290. The Hall–Kier alpha value is -1.17. The molecule has 0 saturated heterocycles. The summed E-state index contributed by atoms with van der Waals surface area (Å²) in [4.78, 5) is 0. The maximum absolute atomic E-state index is 5.39. The Balaban J connectivity index is 2.43. The third kappa shape index (κ3) is 2.46. The van der Waals surface area contributed by atoms with Gasteiger partial charge in [0.25, 0.3) is 0 Å². The molecule has 0 aliphatic heterocycles. The molecule has 0 saturated carbocycles. The second kappa shape index (κ2) is 4.01. The molecule has 1 aromatic heterocycles. The standard InChI is InChI=1S/C6H11N5S/c1-11-3-5(2-9-11)4-12-6(7)10-8/h2-3H,4,8H2,1H3,(H2,7,10). The summed E-state index contributed by atoms with van der Waals surface area (Å²) in [5, 5.41) is 7.74. The van der Waals surface area contributed by atoms with Crippen molar-refractivity contribution in [3.8, 4) is 0 Å². The minimum absolute atomic E-state index is 0.388. The molecule has 0 spiro atoms. The summed E-state index contributed by atoms with van der Waals surface area (Å²) in [5.74, 6) is 5.71. The molecule has 0 fully saturated rings. The van der Waals surface area contributed by atoms with Gasteiger partial charge in [-0.15, -0.1) is 0 Å². The van der Waals surface area contributed by atoms with Crippen LogP contribution in [-0.4, -0.2) is 14.9 Å². The maximum atomic E-state index is 5.39. The molecular formula is C6H11N5S. The number of thioether (sulfide) groups is 1. The summed E-state index contributed by atoms with van der Waals surface area (Å²) < 4.78 is 1.74. The number of hydrogen-bond donors (Lipinski definition) is 2. The van der Waals surface area contributed by atoms with Crippen molar-refractivity contribution in [2.75, 3.05) is 0 Å². The summed E-state index contributed by atoms with van der Waals surface area (Å²) in [6.07, 6.45) is 3.72. The third-order valence-electron chi connectivity index (χ3n) is 1.27. The van der Waals surface area contributed by atoms with Gasteiger partial charge in [-0.05, 0) is 0 Å². The molecule has 1 aromatic rings. The summed E-state index contributed by atoms with van der Waals surface area (Å²) in [6, 6.07) is 0. The SMILES string of the molecule is Cn1cc(CSC(N)=NN)cn1. The van der Waals surface area contributed by atoms with Crippen molar-refractivity contribution in [1.29, 1.82) is 0 Å². The van der Waals surface area contributed by atoms with E-state index in [0.29, 0.717) is 5.17 Å². The predicted molar refractivity (Wildman–Crippen MR) is 50.3 cm³/mol. The van der Waals surface area contributed by atoms with Crippen LogP contribution in [0, 0.1) is 0 Å². The van der Waals surface area contributed by atoms with Gasteiger partial charge in [0.2, 0.25) is 0 Å². The zero-order valence-corrected chi connectivity index (χ0v) is 7.58. The zero-order chi connectivity index (χ0) is 8.97. The van der Waals surface area contributed by atoms with Crippen LogP contribution < -0.4 is 11.6 Å². The van der Waals surface area contributed by atoms with Crippen LogP contribution in [0.15, 0.2) is 17.5 Å². The fraction of sp³-hybridized carbons (Fsp3) is 0.333. The van der Waals surface area contributed by atoms with Crippen molar-refractivity contribution in [1.82, 2.24) is 9.78 Å². The van der Waals surface area contributed by atoms with Crippen LogP contribution in [0.25, 0.3) is 0 Å². The Morgan fingerprint density at radius 2 is 2.58 bits per heavy atom. The van der Waals surface area contributed by atoms with Gasteiger partial charge < -0.3 is 11.6 Å². The van der Waals surface area contributed by atoms with Crippen molar-refractivity contribution < 1.29 is 0 Å². The predicted octanol–water partition coefficient (Wildman–Crippen LogP) is -0.158. The number of rotatable bonds is 2. The lowest BCUT2D eigenvalue weighted by molar-refractivity contribution is 0.767. The molecule has 0 bridgehead atoms. The molecule has 66 valence electrons. The lowest BCUT2D eigenvalue weighted by atomic mass is 10.4. The Morgan fingerprint density at radius 3 is 3.08 bits per heavy atom. The minimum Gasteiger partial charge on any atom is -0.377 e. The summed E-state index contributed by atoms with van der Waals surface area (Å²) in [7, 11) is 1.87. The van der Waals surface area contributed by atoms with Crippen LogP contribution in [0.5, 0.6) is 0 Å². The van der Waals surface area contributed by atoms with Crippen LogP contribution in [-0.2, 0) is 12.8 Å². The van der Waals surface area contributed by atoms with E-state index in [9.17, 15) is 0 Å². The molecule has 0 aliphatic rings. The lowest BCUT2D eigenvalue weighted by Crippen LogP contribution is -2.09. The van der Waals surface area contributed by atoms with Crippen LogP contribution in [0.1, 0.15) is 5.56 Å². The monoisotopic (exact) mass is 185 g/mol. The highest BCUT2D eigenvalue weighted by atomic mass is 32.2. The molecule has 0 aliphatic carbocycles. The van der Waals surface area contributed by atoms with Gasteiger partial charge in [-0.1, -0.05) is 11.8 Å². The fourth-order valence-electron chi connectivity index (χ4n) is 0.741. The first-order chi connectivity index (χ1) is 5.72. The second-order valence-electron chi connectivity index (χ2n) is 2.28. The molecule has 4 N–H and O–H groups in total. The van der Waals surface area contributed by atoms with E-state index < -0.39 is 0 Å². The van der Waals surface area contributed by atoms with E-state index in [1.54, 1.807) is 10.9 Å². The number of nitrogens with two attached hydrogens (primary N) is 2. The fourth-order valence-corrected chi connectivity index (χ4v) is 1.28. The van der Waals surface area contributed by atoms with Gasteiger partial charge in [0.05, 0.1) is 6.20 Å². The van der Waals surface area contributed by atoms with E-state index in [1.165, 1.54) is 11.8 Å². The van der Waals surface area contributed by atoms with Gasteiger partial charge in [0.1, 0.15) is 0 Å². The molecule has 0 aromatic carbocycles. The Morgan fingerprint density at radius 1 is 1.83 bits per heavy atom. The van der Waals surface area contributed by atoms with Crippen molar-refractivity contribution in [3.05, 3.63) is 18.0 Å². The van der Waals surface area contributed by atoms with Gasteiger partial charge >= 0.3 is 0 Å². The Bertz CT molecular complexity index is 279. The molecule has 12 heavy (non-hydrogen) atoms. The van der Waals surface area contributed by atoms with E-state index >= 15 is 0 Å². The van der Waals surface area contributed by atoms with Gasteiger partial charge in [-0.3, -0.25) is 4.68 Å². The minimum atomic E-state index is 0.388. The summed E-state index contributed by atoms with van der Waals surface area (Å²) >= 11 is 1.39. The van der Waals surface area contributed by atoms with E-state index in [4.69, 9.17) is 11.6 Å². The van der Waals surface area contributed by atoms with Gasteiger partial charge in [-0.2, -0.15) is 10.2 Å². The average Bonchev–Trinajstić information content (AvgIpc) is 2.47. The number of aryl methyl sites for hydroxylation is 1. The topological polar surface area (TPSA) is 82.2 Å². The van der Waals surface area contributed by atoms with E-state index in [2.05, 4.69) is 10.2 Å². The van der Waals surface area contributed by atoms with E-state index in [0.717, 1.165) is 11.3 Å². The van der Waals surface area contributed by atoms with Gasteiger partial charge in [0.15, 0.2) is 5.17 Å². The number of hydrazone groups is 1. The van der Waals surface area contributed by atoms with E-state index in [-0.39, 0.29) is 0 Å². The highest BCUT2D eigenvalue weighted by Crippen LogP contribution is 2.09. The number of hydrogen-bond acceptors (Lipinski definition) is 4. The zero-order valence-electron chi connectivity index (χ0n) is 6.77. The van der Waals surface area contributed by atoms with Crippen molar-refractivity contribution in [3.63, 3.8) is 0 Å². The normalized spacial score (nSPS) is 11.9. The van der Waals surface area contributed by atoms with Gasteiger partial charge in [0, 0.05) is 24.6 Å². The average molecular weight is 185 g/mol. The first-order valence-corrected chi connectivity index (χ1v) is 4.34. The van der Waals surface area contributed by atoms with E-state index in [1.807, 2.05) is 13.2 Å². The maximum Gasteiger partial charge on any atom is 0.177 e. The lowest BCUT2D eigenvalue weighted by Gasteiger charge is -1.94. The molecule has 0 radical (unpaired) electrons. The highest BCUT2D eigenvalue weighted by molar-refractivity contribution is 8.13. The molecule has 5 nitrogen and oxygen atoms in total. The summed E-state index contributed by atoms with van der Waals surface area (Å²) in [6.45, 7) is 0. The van der Waals surface area contributed by atoms with Crippen LogP contribution >= 0.6 is 11.8 Å². The van der Waals surface area contributed by atoms with Crippen molar-refractivity contribution >= 4 is 16.9 Å². The largest absolute Gasteiger partial charge is 0.377 e. The smallest absolute Gasteiger partial charge is 0.177 e. The number of nitrogens with zero attached hydrogens (tertiary/aromatic N) is 3. The first kappa shape index (κ1) is 8.92. The molecule has 0 unspecified atom stereocenters. The molecule has 0 amide bonds. The molecule has 0 atom stereocenters. The molecule has 1 heterocycles. The van der Waals surface area contributed by atoms with Crippen LogP contribution in [0.3, 0.4) is 0 Å². The first-order valence-electron chi connectivity index (χ1n) is 3.36. The van der Waals surface area contributed by atoms with Crippen LogP contribution in [0.4, 0.5) is 0 Å². The third-order valence-corrected chi connectivity index (χ3v) is 2.15. The van der Waals surface area contributed by atoms with Gasteiger partial charge in [-0.25, -0.2) is 0 Å². The Labute approximate surface area is 74.8 Å². The highest BCUT2D eigenvalue weighted by Gasteiger charge is 1.97. The second-order valence-corrected chi connectivity index (χ2v) is 3.27. The Kier molecular flexibility index (Phi) is 2.98.